The van der Waals surface area contributed by atoms with Gasteiger partial charge in [-0.05, 0) is 92.0 Å². The fourth-order valence-electron chi connectivity index (χ4n) is 8.21. The van der Waals surface area contributed by atoms with Gasteiger partial charge in [-0.1, -0.05) is 135 Å². The van der Waals surface area contributed by atoms with E-state index >= 15 is 0 Å². The molecule has 0 atom stereocenters. The Kier molecular flexibility index (Phi) is 5.95. The highest BCUT2D eigenvalue weighted by Crippen LogP contribution is 2.56. The molecule has 0 N–H and O–H groups in total. The molecule has 0 fully saturated rings. The zero-order chi connectivity index (χ0) is 32.7. The monoisotopic (exact) mass is 627 g/mol. The maximum absolute atomic E-state index is 6.72. The number of fused-ring (bicyclic) bond motifs is 9. The Morgan fingerprint density at radius 1 is 0.469 bits per heavy atom. The first-order chi connectivity index (χ1) is 24.1. The van der Waals surface area contributed by atoms with Crippen LogP contribution in [0.2, 0.25) is 0 Å². The highest BCUT2D eigenvalue weighted by Gasteiger charge is 2.38. The molecule has 0 aliphatic heterocycles. The molecule has 0 spiro atoms. The van der Waals surface area contributed by atoms with Gasteiger partial charge in [0.2, 0.25) is 0 Å². The van der Waals surface area contributed by atoms with Crippen LogP contribution < -0.4 is 4.90 Å². The highest BCUT2D eigenvalue weighted by atomic mass is 16.3. The van der Waals surface area contributed by atoms with Crippen molar-refractivity contribution in [3.63, 3.8) is 0 Å². The summed E-state index contributed by atoms with van der Waals surface area (Å²) in [6.45, 7) is 4.76. The third kappa shape index (κ3) is 4.14. The standard InChI is InChI=1S/C47H33NO/c1-47(2)40-28-33-17-7-6-16-32(33)27-39(40)45-37-22-9-8-20-35(37)43(29-41(45)47)48(34-19-12-18-31(26-34)30-14-4-3-5-15-30)42-24-13-23-38-36-21-10-11-25-44(36)49-46(38)42/h3-29H,1-2H3. The second-order valence-electron chi connectivity index (χ2n) is 13.7. The predicted molar refractivity (Wildman–Crippen MR) is 206 cm³/mol. The Bertz CT molecular complexity index is 2750. The number of para-hydroxylation sites is 2. The van der Waals surface area contributed by atoms with E-state index < -0.39 is 0 Å². The fourth-order valence-corrected chi connectivity index (χ4v) is 8.21. The summed E-state index contributed by atoms with van der Waals surface area (Å²) in [7, 11) is 0. The van der Waals surface area contributed by atoms with E-state index in [9.17, 15) is 0 Å². The molecule has 232 valence electrons. The Hall–Kier alpha value is -6.12. The van der Waals surface area contributed by atoms with Crippen LogP contribution in [-0.2, 0) is 5.41 Å². The molecule has 8 aromatic carbocycles. The van der Waals surface area contributed by atoms with Crippen molar-refractivity contribution in [2.24, 2.45) is 0 Å². The zero-order valence-corrected chi connectivity index (χ0v) is 27.4. The van der Waals surface area contributed by atoms with E-state index in [-0.39, 0.29) is 5.41 Å². The van der Waals surface area contributed by atoms with Crippen LogP contribution in [0, 0.1) is 0 Å². The maximum atomic E-state index is 6.72. The van der Waals surface area contributed by atoms with Crippen molar-refractivity contribution in [1.29, 1.82) is 0 Å². The first-order valence-electron chi connectivity index (χ1n) is 17.0. The summed E-state index contributed by atoms with van der Waals surface area (Å²) in [5.41, 5.74) is 12.6. The van der Waals surface area contributed by atoms with E-state index in [1.54, 1.807) is 0 Å². The van der Waals surface area contributed by atoms with Gasteiger partial charge in [-0.15, -0.1) is 0 Å². The van der Waals surface area contributed by atoms with Crippen LogP contribution in [0.1, 0.15) is 25.0 Å². The summed E-state index contributed by atoms with van der Waals surface area (Å²) in [5.74, 6) is 0. The van der Waals surface area contributed by atoms with E-state index in [2.05, 4.69) is 176 Å². The maximum Gasteiger partial charge on any atom is 0.159 e. The van der Waals surface area contributed by atoms with Gasteiger partial charge in [-0.25, -0.2) is 0 Å². The van der Waals surface area contributed by atoms with Crippen molar-refractivity contribution in [2.45, 2.75) is 19.3 Å². The third-order valence-electron chi connectivity index (χ3n) is 10.6. The van der Waals surface area contributed by atoms with Gasteiger partial charge in [0.05, 0.1) is 11.4 Å². The summed E-state index contributed by atoms with van der Waals surface area (Å²) in [6.07, 6.45) is 0. The minimum atomic E-state index is -0.198. The van der Waals surface area contributed by atoms with Crippen LogP contribution in [0.15, 0.2) is 168 Å². The Morgan fingerprint density at radius 3 is 1.96 bits per heavy atom. The molecule has 0 saturated carbocycles. The number of hydrogen-bond acceptors (Lipinski definition) is 2. The molecule has 0 bridgehead atoms. The van der Waals surface area contributed by atoms with Crippen molar-refractivity contribution in [2.75, 3.05) is 4.90 Å². The zero-order valence-electron chi connectivity index (χ0n) is 27.4. The van der Waals surface area contributed by atoms with Gasteiger partial charge in [0, 0.05) is 27.3 Å². The normalized spacial score (nSPS) is 13.3. The quantitative estimate of drug-likeness (QED) is 0.193. The van der Waals surface area contributed by atoms with E-state index in [4.69, 9.17) is 4.42 Å². The third-order valence-corrected chi connectivity index (χ3v) is 10.6. The van der Waals surface area contributed by atoms with Crippen molar-refractivity contribution >= 4 is 60.5 Å². The van der Waals surface area contributed by atoms with Crippen LogP contribution in [0.4, 0.5) is 17.1 Å². The van der Waals surface area contributed by atoms with Crippen LogP contribution in [0.25, 0.3) is 65.7 Å². The predicted octanol–water partition coefficient (Wildman–Crippen LogP) is 13.3. The largest absolute Gasteiger partial charge is 0.454 e. The van der Waals surface area contributed by atoms with Crippen LogP contribution >= 0.6 is 0 Å². The minimum Gasteiger partial charge on any atom is -0.454 e. The van der Waals surface area contributed by atoms with Gasteiger partial charge in [0.1, 0.15) is 5.58 Å². The number of anilines is 3. The molecule has 2 nitrogen and oxygen atoms in total. The van der Waals surface area contributed by atoms with Gasteiger partial charge in [-0.2, -0.15) is 0 Å². The summed E-state index contributed by atoms with van der Waals surface area (Å²) < 4.78 is 6.72. The van der Waals surface area contributed by atoms with Crippen molar-refractivity contribution in [3.8, 4) is 22.3 Å². The fraction of sp³-hybridized carbons (Fsp3) is 0.0638. The van der Waals surface area contributed by atoms with Gasteiger partial charge in [0.15, 0.2) is 5.58 Å². The van der Waals surface area contributed by atoms with Gasteiger partial charge < -0.3 is 9.32 Å². The lowest BCUT2D eigenvalue weighted by Gasteiger charge is -2.30. The minimum absolute atomic E-state index is 0.198. The molecule has 49 heavy (non-hydrogen) atoms. The number of benzene rings is 8. The van der Waals surface area contributed by atoms with Crippen LogP contribution in [-0.4, -0.2) is 0 Å². The molecule has 10 rings (SSSR count). The lowest BCUT2D eigenvalue weighted by atomic mass is 9.81. The molecular formula is C47H33NO. The Balaban J connectivity index is 1.30. The van der Waals surface area contributed by atoms with Crippen molar-refractivity contribution in [1.82, 2.24) is 0 Å². The smallest absolute Gasteiger partial charge is 0.159 e. The molecular weight excluding hydrogens is 595 g/mol. The second-order valence-corrected chi connectivity index (χ2v) is 13.7. The van der Waals surface area contributed by atoms with E-state index in [1.807, 2.05) is 6.07 Å². The summed E-state index contributed by atoms with van der Waals surface area (Å²) in [4.78, 5) is 2.43. The SMILES string of the molecule is CC1(C)c2cc3ccccc3cc2-c2c1cc(N(c1cccc(-c3ccccc3)c1)c1cccc3c1oc1ccccc13)c1ccccc21. The van der Waals surface area contributed by atoms with Crippen LogP contribution in [0.3, 0.4) is 0 Å². The van der Waals surface area contributed by atoms with Gasteiger partial charge in [0.25, 0.3) is 0 Å². The number of furan rings is 1. The number of nitrogens with zero attached hydrogens (tertiary/aromatic N) is 1. The molecule has 0 unspecified atom stereocenters. The van der Waals surface area contributed by atoms with Gasteiger partial charge in [-0.3, -0.25) is 0 Å². The molecule has 0 amide bonds. The number of hydrogen-bond donors (Lipinski definition) is 0. The van der Waals surface area contributed by atoms with Crippen molar-refractivity contribution in [3.05, 3.63) is 175 Å². The van der Waals surface area contributed by atoms with Crippen LogP contribution in [0.5, 0.6) is 0 Å². The Labute approximate surface area is 285 Å². The van der Waals surface area contributed by atoms with Crippen molar-refractivity contribution < 1.29 is 4.42 Å². The molecule has 9 aromatic rings. The molecule has 2 heteroatoms. The Morgan fingerprint density at radius 2 is 1.12 bits per heavy atom. The molecule has 1 heterocycles. The summed E-state index contributed by atoms with van der Waals surface area (Å²) in [6, 6.07) is 59.4. The van der Waals surface area contributed by atoms with E-state index in [1.165, 1.54) is 54.9 Å². The average Bonchev–Trinajstić information content (AvgIpc) is 3.64. The molecule has 0 radical (unpaired) electrons. The lowest BCUT2D eigenvalue weighted by molar-refractivity contribution is 0.661. The molecule has 1 aliphatic rings. The van der Waals surface area contributed by atoms with E-state index in [0.29, 0.717) is 0 Å². The van der Waals surface area contributed by atoms with Gasteiger partial charge >= 0.3 is 0 Å². The lowest BCUT2D eigenvalue weighted by Crippen LogP contribution is -2.17. The first kappa shape index (κ1) is 27.9. The molecule has 1 aliphatic carbocycles. The second kappa shape index (κ2) is 10.4. The summed E-state index contributed by atoms with van der Waals surface area (Å²) in [5, 5.41) is 7.26. The highest BCUT2D eigenvalue weighted by molar-refractivity contribution is 6.14. The first-order valence-corrected chi connectivity index (χ1v) is 17.0. The average molecular weight is 628 g/mol. The topological polar surface area (TPSA) is 16.4 Å². The summed E-state index contributed by atoms with van der Waals surface area (Å²) >= 11 is 0. The number of rotatable bonds is 4. The van der Waals surface area contributed by atoms with E-state index in [0.717, 1.165) is 39.0 Å². The molecule has 1 aromatic heterocycles. The molecule has 0 saturated heterocycles.